The molecule has 0 saturated carbocycles. The fourth-order valence-corrected chi connectivity index (χ4v) is 4.37. The number of aromatic nitrogens is 4. The predicted octanol–water partition coefficient (Wildman–Crippen LogP) is 5.71. The van der Waals surface area contributed by atoms with Crippen LogP contribution in [0.1, 0.15) is 5.56 Å². The minimum Gasteiger partial charge on any atom is -0.276 e. The first-order valence-electron chi connectivity index (χ1n) is 10.2. The summed E-state index contributed by atoms with van der Waals surface area (Å²) in [6, 6.07) is 24.6. The Bertz CT molecular complexity index is 1660. The molecule has 0 bridgehead atoms. The lowest BCUT2D eigenvalue weighted by molar-refractivity contribution is -0.384. The van der Waals surface area contributed by atoms with Crippen LogP contribution in [0.3, 0.4) is 0 Å². The van der Waals surface area contributed by atoms with Gasteiger partial charge in [0.25, 0.3) is 5.69 Å². The Balaban J connectivity index is 1.75. The number of nitro benzene ring substituents is 1. The lowest BCUT2D eigenvalue weighted by Gasteiger charge is -2.06. The summed E-state index contributed by atoms with van der Waals surface area (Å²) in [4.78, 5) is 20.8. The van der Waals surface area contributed by atoms with Crippen LogP contribution < -0.4 is 0 Å². The first kappa shape index (κ1) is 18.3. The number of pyridine rings is 1. The highest BCUT2D eigenvalue weighted by atomic mass is 16.6. The van der Waals surface area contributed by atoms with E-state index in [-0.39, 0.29) is 10.6 Å². The molecule has 0 aliphatic carbocycles. The maximum atomic E-state index is 11.6. The van der Waals surface area contributed by atoms with Crippen LogP contribution in [0.4, 0.5) is 5.69 Å². The van der Waals surface area contributed by atoms with Gasteiger partial charge in [-0.25, -0.2) is 9.97 Å². The summed E-state index contributed by atoms with van der Waals surface area (Å²) in [7, 11) is 0. The minimum atomic E-state index is -0.343. The standard InChI is InChI=1S/C25H17N5O2/c1-16-7-6-10-21-24(16)27-25-28(21)22-15-17(18-8-2-3-9-19(18)30(31)32)12-13-20(22)29(25)23-11-4-5-14-26-23/h2-15H,1H3. The van der Waals surface area contributed by atoms with Crippen molar-refractivity contribution in [2.24, 2.45) is 0 Å². The zero-order valence-corrected chi connectivity index (χ0v) is 17.1. The van der Waals surface area contributed by atoms with Crippen LogP contribution in [0.25, 0.3) is 44.8 Å². The van der Waals surface area contributed by atoms with Crippen LogP contribution >= 0.6 is 0 Å². The van der Waals surface area contributed by atoms with Crippen LogP contribution in [-0.2, 0) is 0 Å². The monoisotopic (exact) mass is 419 g/mol. The van der Waals surface area contributed by atoms with Crippen molar-refractivity contribution >= 4 is 33.5 Å². The van der Waals surface area contributed by atoms with Crippen molar-refractivity contribution in [1.29, 1.82) is 0 Å². The van der Waals surface area contributed by atoms with Crippen LogP contribution in [-0.4, -0.2) is 23.9 Å². The molecule has 0 aliphatic heterocycles. The average Bonchev–Trinajstić information content (AvgIpc) is 3.35. The zero-order chi connectivity index (χ0) is 21.8. The van der Waals surface area contributed by atoms with E-state index < -0.39 is 0 Å². The Hall–Kier alpha value is -4.52. The Labute approximate surface area is 182 Å². The smallest absolute Gasteiger partial charge is 0.276 e. The highest BCUT2D eigenvalue weighted by molar-refractivity contribution is 5.95. The lowest BCUT2D eigenvalue weighted by Crippen LogP contribution is -1.97. The second-order valence-corrected chi connectivity index (χ2v) is 7.69. The topological polar surface area (TPSA) is 78.3 Å². The van der Waals surface area contributed by atoms with Crippen molar-refractivity contribution in [2.75, 3.05) is 0 Å². The van der Waals surface area contributed by atoms with Gasteiger partial charge in [0.15, 0.2) is 0 Å². The van der Waals surface area contributed by atoms with Crippen LogP contribution in [0, 0.1) is 17.0 Å². The van der Waals surface area contributed by atoms with Gasteiger partial charge in [-0.2, -0.15) is 0 Å². The van der Waals surface area contributed by atoms with Gasteiger partial charge < -0.3 is 0 Å². The lowest BCUT2D eigenvalue weighted by atomic mass is 10.0. The average molecular weight is 419 g/mol. The SMILES string of the molecule is Cc1cccc2c1nc1n(-c3ccccn3)c3ccc(-c4ccccc4[N+](=O)[O-])cc3n21. The van der Waals surface area contributed by atoms with Crippen molar-refractivity contribution < 1.29 is 4.92 Å². The van der Waals surface area contributed by atoms with Gasteiger partial charge in [-0.3, -0.25) is 19.1 Å². The fraction of sp³-hybridized carbons (Fsp3) is 0.0400. The second kappa shape index (κ2) is 6.75. The third kappa shape index (κ3) is 2.54. The summed E-state index contributed by atoms with van der Waals surface area (Å²) in [5, 5.41) is 11.6. The molecule has 0 aliphatic rings. The molecular weight excluding hydrogens is 402 g/mol. The molecule has 3 aromatic carbocycles. The molecule has 0 fully saturated rings. The first-order valence-corrected chi connectivity index (χ1v) is 10.2. The van der Waals surface area contributed by atoms with Crippen molar-refractivity contribution in [3.63, 3.8) is 0 Å². The third-order valence-electron chi connectivity index (χ3n) is 5.82. The molecule has 0 saturated heterocycles. The Kier molecular flexibility index (Phi) is 3.85. The van der Waals surface area contributed by atoms with Crippen molar-refractivity contribution in [2.45, 2.75) is 6.92 Å². The van der Waals surface area contributed by atoms with Gasteiger partial charge in [0, 0.05) is 12.3 Å². The fourth-order valence-electron chi connectivity index (χ4n) is 4.37. The highest BCUT2D eigenvalue weighted by Gasteiger charge is 2.20. The number of nitrogens with zero attached hydrogens (tertiary/aromatic N) is 5. The Morgan fingerprint density at radius 2 is 1.72 bits per heavy atom. The quantitative estimate of drug-likeness (QED) is 0.272. The van der Waals surface area contributed by atoms with Crippen LogP contribution in [0.2, 0.25) is 0 Å². The second-order valence-electron chi connectivity index (χ2n) is 7.69. The molecule has 0 unspecified atom stereocenters. The van der Waals surface area contributed by atoms with Crippen molar-refractivity contribution in [3.05, 3.63) is 101 Å². The van der Waals surface area contributed by atoms with Gasteiger partial charge in [-0.15, -0.1) is 0 Å². The summed E-state index contributed by atoms with van der Waals surface area (Å²) in [6.45, 7) is 2.04. The molecule has 0 atom stereocenters. The highest BCUT2D eigenvalue weighted by Crippen LogP contribution is 2.35. The number of hydrogen-bond acceptors (Lipinski definition) is 4. The molecule has 6 aromatic rings. The molecule has 154 valence electrons. The number of rotatable bonds is 3. The van der Waals surface area contributed by atoms with E-state index >= 15 is 0 Å². The van der Waals surface area contributed by atoms with Crippen LogP contribution in [0.15, 0.2) is 85.1 Å². The van der Waals surface area contributed by atoms with E-state index in [1.807, 2.05) is 72.2 Å². The van der Waals surface area contributed by atoms with Gasteiger partial charge in [0.2, 0.25) is 5.78 Å². The number of hydrogen-bond donors (Lipinski definition) is 0. The van der Waals surface area contributed by atoms with E-state index in [0.717, 1.165) is 44.8 Å². The summed E-state index contributed by atoms with van der Waals surface area (Å²) >= 11 is 0. The summed E-state index contributed by atoms with van der Waals surface area (Å²) in [5.41, 5.74) is 6.27. The first-order chi connectivity index (χ1) is 15.6. The number of imidazole rings is 2. The molecule has 6 rings (SSSR count). The maximum absolute atomic E-state index is 11.6. The minimum absolute atomic E-state index is 0.0820. The number of para-hydroxylation sites is 2. The van der Waals surface area contributed by atoms with E-state index in [0.29, 0.717) is 5.56 Å². The number of aryl methyl sites for hydroxylation is 1. The number of benzene rings is 3. The molecule has 7 heteroatoms. The molecule has 3 heterocycles. The summed E-state index contributed by atoms with van der Waals surface area (Å²) in [6.07, 6.45) is 1.76. The molecule has 0 radical (unpaired) electrons. The third-order valence-corrected chi connectivity index (χ3v) is 5.82. The summed E-state index contributed by atoms with van der Waals surface area (Å²) in [5.74, 6) is 1.52. The van der Waals surface area contributed by atoms with Gasteiger partial charge in [0.1, 0.15) is 5.82 Å². The molecule has 0 N–H and O–H groups in total. The number of fused-ring (bicyclic) bond motifs is 5. The van der Waals surface area contributed by atoms with Gasteiger partial charge in [-0.05, 0) is 54.4 Å². The maximum Gasteiger partial charge on any atom is 0.277 e. The Morgan fingerprint density at radius 3 is 2.53 bits per heavy atom. The van der Waals surface area contributed by atoms with E-state index in [4.69, 9.17) is 4.98 Å². The molecule has 0 amide bonds. The van der Waals surface area contributed by atoms with Gasteiger partial charge in [-0.1, -0.05) is 36.4 Å². The van der Waals surface area contributed by atoms with Crippen LogP contribution in [0.5, 0.6) is 0 Å². The van der Waals surface area contributed by atoms with Gasteiger partial charge in [0.05, 0.1) is 32.6 Å². The zero-order valence-electron chi connectivity index (χ0n) is 17.1. The molecular formula is C25H17N5O2. The molecule has 32 heavy (non-hydrogen) atoms. The normalized spacial score (nSPS) is 11.5. The van der Waals surface area contributed by atoms with Crippen molar-refractivity contribution in [3.8, 4) is 16.9 Å². The largest absolute Gasteiger partial charge is 0.277 e. The molecule has 7 nitrogen and oxygen atoms in total. The van der Waals surface area contributed by atoms with E-state index in [9.17, 15) is 10.1 Å². The molecule has 3 aromatic heterocycles. The number of nitro groups is 1. The summed E-state index contributed by atoms with van der Waals surface area (Å²) < 4.78 is 4.13. The molecule has 0 spiro atoms. The van der Waals surface area contributed by atoms with E-state index in [1.54, 1.807) is 18.3 Å². The van der Waals surface area contributed by atoms with E-state index in [2.05, 4.69) is 9.38 Å². The van der Waals surface area contributed by atoms with Crippen molar-refractivity contribution in [1.82, 2.24) is 18.9 Å². The predicted molar refractivity (Wildman–Crippen MR) is 124 cm³/mol. The van der Waals surface area contributed by atoms with Gasteiger partial charge >= 0.3 is 0 Å². The van der Waals surface area contributed by atoms with E-state index in [1.165, 1.54) is 6.07 Å². The Morgan fingerprint density at radius 1 is 0.875 bits per heavy atom.